The van der Waals surface area contributed by atoms with Crippen LogP contribution in [0.25, 0.3) is 22.1 Å². The highest BCUT2D eigenvalue weighted by Crippen LogP contribution is 2.33. The Morgan fingerprint density at radius 2 is 1.57 bits per heavy atom. The number of hydrogen-bond donors (Lipinski definition) is 2. The Bertz CT molecular complexity index is 1650. The fourth-order valence-corrected chi connectivity index (χ4v) is 4.99. The molecule has 0 radical (unpaired) electrons. The lowest BCUT2D eigenvalue weighted by molar-refractivity contribution is -0.138. The summed E-state index contributed by atoms with van der Waals surface area (Å²) >= 11 is 0. The first-order valence-corrected chi connectivity index (χ1v) is 14.4. The number of fused-ring (bicyclic) bond motifs is 1. The van der Waals surface area contributed by atoms with Gasteiger partial charge in [-0.1, -0.05) is 92.2 Å². The number of carbonyl (C=O) groups excluding carboxylic acids is 1. The van der Waals surface area contributed by atoms with Crippen LogP contribution < -0.4 is 10.1 Å². The topological polar surface area (TPSA) is 88.8 Å². The van der Waals surface area contributed by atoms with Gasteiger partial charge in [-0.25, -0.2) is 0 Å². The number of amides is 1. The summed E-state index contributed by atoms with van der Waals surface area (Å²) in [5.41, 5.74) is 6.88. The summed E-state index contributed by atoms with van der Waals surface area (Å²) < 4.78 is 12.4. The highest BCUT2D eigenvalue weighted by Gasteiger charge is 2.15. The Balaban J connectivity index is 1.37. The second-order valence-electron chi connectivity index (χ2n) is 10.4. The minimum Gasteiger partial charge on any atom is -0.487 e. The molecular weight excluding hydrogens is 526 g/mol. The zero-order valence-electron chi connectivity index (χ0n) is 23.8. The third kappa shape index (κ3) is 7.26. The van der Waals surface area contributed by atoms with Crippen molar-refractivity contribution in [3.05, 3.63) is 120 Å². The van der Waals surface area contributed by atoms with Crippen LogP contribution in [-0.2, 0) is 29.0 Å². The van der Waals surface area contributed by atoms with E-state index in [0.29, 0.717) is 18.0 Å². The maximum atomic E-state index is 12.4. The van der Waals surface area contributed by atoms with E-state index in [2.05, 4.69) is 48.6 Å². The van der Waals surface area contributed by atoms with Crippen molar-refractivity contribution in [1.29, 1.82) is 0 Å². The molecule has 0 bridgehead atoms. The van der Waals surface area contributed by atoms with Crippen LogP contribution in [0.15, 0.2) is 101 Å². The van der Waals surface area contributed by atoms with Crippen LogP contribution in [0.5, 0.6) is 5.75 Å². The Hall–Kier alpha value is -4.84. The van der Waals surface area contributed by atoms with Crippen molar-refractivity contribution < 1.29 is 23.8 Å². The van der Waals surface area contributed by atoms with Crippen LogP contribution in [-0.4, -0.2) is 17.0 Å². The van der Waals surface area contributed by atoms with E-state index >= 15 is 0 Å². The van der Waals surface area contributed by atoms with Gasteiger partial charge in [0.25, 0.3) is 0 Å². The molecule has 2 N–H and O–H groups in total. The summed E-state index contributed by atoms with van der Waals surface area (Å²) in [5.74, 6) is 0.213. The van der Waals surface area contributed by atoms with E-state index in [1.165, 1.54) is 16.5 Å². The molecule has 6 nitrogen and oxygen atoms in total. The lowest BCUT2D eigenvalue weighted by Crippen LogP contribution is -2.14. The molecule has 0 aliphatic carbocycles. The Morgan fingerprint density at radius 1 is 0.833 bits per heavy atom. The van der Waals surface area contributed by atoms with Gasteiger partial charge in [0, 0.05) is 30.2 Å². The fourth-order valence-electron chi connectivity index (χ4n) is 4.99. The summed E-state index contributed by atoms with van der Waals surface area (Å²) in [5, 5.41) is 12.9. The van der Waals surface area contributed by atoms with Gasteiger partial charge in [0.05, 0.1) is 12.1 Å². The quantitative estimate of drug-likeness (QED) is 0.151. The third-order valence-electron chi connectivity index (χ3n) is 7.27. The first-order valence-electron chi connectivity index (χ1n) is 14.4. The molecule has 6 heteroatoms. The van der Waals surface area contributed by atoms with Crippen molar-refractivity contribution in [3.8, 4) is 16.9 Å². The standard InChI is InChI=1S/C36H35NO5/c1-2-3-12-33-30(29-11-7-8-13-32(29)42-33)22-25-14-16-27(17-15-25)28-18-19-31(37-35(38)20-21-36(39)40)34(23-28)41-24-26-9-5-4-6-10-26/h4-11,13-19,23H,2-3,12,20-22,24H2,1H3,(H,37,38)(H,39,40). The molecule has 0 spiro atoms. The van der Waals surface area contributed by atoms with Crippen LogP contribution in [0.3, 0.4) is 0 Å². The summed E-state index contributed by atoms with van der Waals surface area (Å²) in [4.78, 5) is 23.3. The smallest absolute Gasteiger partial charge is 0.303 e. The van der Waals surface area contributed by atoms with Gasteiger partial charge in [-0.05, 0) is 46.9 Å². The van der Waals surface area contributed by atoms with E-state index < -0.39 is 5.97 Å². The zero-order valence-corrected chi connectivity index (χ0v) is 23.8. The molecule has 4 aromatic carbocycles. The van der Waals surface area contributed by atoms with Gasteiger partial charge in [0.15, 0.2) is 0 Å². The number of benzene rings is 4. The van der Waals surface area contributed by atoms with Gasteiger partial charge in [-0.2, -0.15) is 0 Å². The molecule has 0 atom stereocenters. The van der Waals surface area contributed by atoms with Gasteiger partial charge in [0.1, 0.15) is 23.7 Å². The van der Waals surface area contributed by atoms with Gasteiger partial charge in [0.2, 0.25) is 5.91 Å². The lowest BCUT2D eigenvalue weighted by atomic mass is 9.97. The molecule has 5 rings (SSSR count). The van der Waals surface area contributed by atoms with Crippen molar-refractivity contribution in [2.45, 2.75) is 52.1 Å². The highest BCUT2D eigenvalue weighted by molar-refractivity contribution is 5.94. The Morgan fingerprint density at radius 3 is 2.33 bits per heavy atom. The molecular formula is C36H35NO5. The van der Waals surface area contributed by atoms with Crippen LogP contribution in [0.4, 0.5) is 5.69 Å². The van der Waals surface area contributed by atoms with Crippen molar-refractivity contribution >= 4 is 28.5 Å². The number of carbonyl (C=O) groups is 2. The lowest BCUT2D eigenvalue weighted by Gasteiger charge is -2.15. The number of ether oxygens (including phenoxy) is 1. The van der Waals surface area contributed by atoms with Gasteiger partial charge in [-0.3, -0.25) is 9.59 Å². The molecule has 0 aliphatic heterocycles. The number of aliphatic carboxylic acids is 1. The average molecular weight is 562 g/mol. The summed E-state index contributed by atoms with van der Waals surface area (Å²) in [7, 11) is 0. The van der Waals surface area contributed by atoms with Crippen molar-refractivity contribution in [2.75, 3.05) is 5.32 Å². The van der Waals surface area contributed by atoms with Gasteiger partial charge >= 0.3 is 5.97 Å². The molecule has 1 amide bonds. The first-order chi connectivity index (χ1) is 20.5. The predicted molar refractivity (Wildman–Crippen MR) is 166 cm³/mol. The second-order valence-corrected chi connectivity index (χ2v) is 10.4. The van der Waals surface area contributed by atoms with E-state index in [-0.39, 0.29) is 18.7 Å². The molecule has 0 unspecified atom stereocenters. The number of carboxylic acid groups (broad SMARTS) is 1. The largest absolute Gasteiger partial charge is 0.487 e. The van der Waals surface area contributed by atoms with E-state index in [1.807, 2.05) is 54.6 Å². The Labute approximate surface area is 246 Å². The SMILES string of the molecule is CCCCc1oc2ccccc2c1Cc1ccc(-c2ccc(NC(=O)CCC(=O)O)c(OCc3ccccc3)c2)cc1. The predicted octanol–water partition coefficient (Wildman–Crippen LogP) is 8.42. The molecule has 0 saturated heterocycles. The zero-order chi connectivity index (χ0) is 29.3. The number of hydrogen-bond acceptors (Lipinski definition) is 4. The molecule has 1 heterocycles. The van der Waals surface area contributed by atoms with E-state index in [4.69, 9.17) is 14.3 Å². The average Bonchev–Trinajstić information content (AvgIpc) is 3.36. The molecule has 0 fully saturated rings. The molecule has 1 aromatic heterocycles. The molecule has 0 aliphatic rings. The maximum absolute atomic E-state index is 12.4. The molecule has 214 valence electrons. The molecule has 5 aromatic rings. The number of furan rings is 1. The number of rotatable bonds is 13. The van der Waals surface area contributed by atoms with E-state index in [0.717, 1.165) is 53.7 Å². The fraction of sp³-hybridized carbons (Fsp3) is 0.222. The summed E-state index contributed by atoms with van der Waals surface area (Å²) in [6.45, 7) is 2.53. The highest BCUT2D eigenvalue weighted by atomic mass is 16.5. The number of aryl methyl sites for hydroxylation is 1. The van der Waals surface area contributed by atoms with Crippen LogP contribution in [0.1, 0.15) is 55.1 Å². The maximum Gasteiger partial charge on any atom is 0.303 e. The number of anilines is 1. The van der Waals surface area contributed by atoms with Crippen molar-refractivity contribution in [3.63, 3.8) is 0 Å². The second kappa shape index (κ2) is 13.7. The van der Waals surface area contributed by atoms with Gasteiger partial charge in [-0.15, -0.1) is 0 Å². The minimum absolute atomic E-state index is 0.108. The number of unbranched alkanes of at least 4 members (excludes halogenated alkanes) is 1. The Kier molecular flexibility index (Phi) is 9.34. The van der Waals surface area contributed by atoms with Gasteiger partial charge < -0.3 is 19.6 Å². The van der Waals surface area contributed by atoms with E-state index in [1.54, 1.807) is 6.07 Å². The molecule has 0 saturated carbocycles. The van der Waals surface area contributed by atoms with E-state index in [9.17, 15) is 9.59 Å². The summed E-state index contributed by atoms with van der Waals surface area (Å²) in [6, 6.07) is 32.2. The first kappa shape index (κ1) is 28.7. The number of carboxylic acids is 1. The van der Waals surface area contributed by atoms with Crippen LogP contribution >= 0.6 is 0 Å². The number of para-hydroxylation sites is 1. The van der Waals surface area contributed by atoms with Crippen LogP contribution in [0.2, 0.25) is 0 Å². The normalized spacial score (nSPS) is 11.0. The minimum atomic E-state index is -1.01. The summed E-state index contributed by atoms with van der Waals surface area (Å²) in [6.07, 6.45) is 3.60. The van der Waals surface area contributed by atoms with Crippen molar-refractivity contribution in [2.24, 2.45) is 0 Å². The third-order valence-corrected chi connectivity index (χ3v) is 7.27. The van der Waals surface area contributed by atoms with Crippen molar-refractivity contribution in [1.82, 2.24) is 0 Å². The monoisotopic (exact) mass is 561 g/mol. The van der Waals surface area contributed by atoms with Crippen LogP contribution in [0, 0.1) is 0 Å². The molecule has 42 heavy (non-hydrogen) atoms. The number of nitrogens with one attached hydrogen (secondary N) is 1.